The first-order valence-corrected chi connectivity index (χ1v) is 6.46. The Bertz CT molecular complexity index is 277. The molecule has 0 spiro atoms. The Labute approximate surface area is 104 Å². The molecule has 0 aliphatic heterocycles. The highest BCUT2D eigenvalue weighted by atomic mass is 16.2. The van der Waals surface area contributed by atoms with Gasteiger partial charge < -0.3 is 4.90 Å². The minimum atomic E-state index is 0.174. The van der Waals surface area contributed by atoms with E-state index in [1.165, 1.54) is 25.7 Å². The SMILES string of the molecule is CN(C)C(=O)CCCN(CC#N)C1CCCC1. The topological polar surface area (TPSA) is 47.3 Å². The first-order valence-electron chi connectivity index (χ1n) is 6.46. The molecule has 96 valence electrons. The zero-order valence-corrected chi connectivity index (χ0v) is 11.0. The lowest BCUT2D eigenvalue weighted by atomic mass is 10.2. The second kappa shape index (κ2) is 7.29. The summed E-state index contributed by atoms with van der Waals surface area (Å²) in [7, 11) is 3.57. The second-order valence-corrected chi connectivity index (χ2v) is 4.96. The van der Waals surface area contributed by atoms with Gasteiger partial charge in [0.25, 0.3) is 0 Å². The van der Waals surface area contributed by atoms with Gasteiger partial charge in [-0.3, -0.25) is 9.69 Å². The van der Waals surface area contributed by atoms with Gasteiger partial charge in [0.2, 0.25) is 5.91 Å². The minimum absolute atomic E-state index is 0.174. The molecule has 0 radical (unpaired) electrons. The molecule has 17 heavy (non-hydrogen) atoms. The van der Waals surface area contributed by atoms with Gasteiger partial charge in [-0.15, -0.1) is 0 Å². The van der Waals surface area contributed by atoms with E-state index >= 15 is 0 Å². The van der Waals surface area contributed by atoms with Crippen molar-refractivity contribution in [2.45, 2.75) is 44.6 Å². The molecule has 0 aromatic heterocycles. The Hall–Kier alpha value is -1.08. The molecule has 4 heteroatoms. The van der Waals surface area contributed by atoms with E-state index in [9.17, 15) is 4.79 Å². The van der Waals surface area contributed by atoms with Crippen molar-refractivity contribution in [2.24, 2.45) is 0 Å². The Kier molecular flexibility index (Phi) is 5.99. The van der Waals surface area contributed by atoms with E-state index < -0.39 is 0 Å². The Morgan fingerprint density at radius 1 is 1.35 bits per heavy atom. The van der Waals surface area contributed by atoms with Gasteiger partial charge >= 0.3 is 0 Å². The number of carbonyl (C=O) groups excluding carboxylic acids is 1. The molecule has 1 rings (SSSR count). The summed E-state index contributed by atoms with van der Waals surface area (Å²) in [6.07, 6.45) is 6.43. The van der Waals surface area contributed by atoms with Crippen LogP contribution in [-0.2, 0) is 4.79 Å². The molecule has 1 aliphatic rings. The standard InChI is InChI=1S/C13H23N3O/c1-15(2)13(17)8-5-10-16(11-9-14)12-6-3-4-7-12/h12H,3-8,10-11H2,1-2H3. The van der Waals surface area contributed by atoms with Crippen LogP contribution in [0, 0.1) is 11.3 Å². The van der Waals surface area contributed by atoms with Gasteiger partial charge in [-0.1, -0.05) is 12.8 Å². The Morgan fingerprint density at radius 2 is 2.00 bits per heavy atom. The number of hydrogen-bond acceptors (Lipinski definition) is 3. The van der Waals surface area contributed by atoms with Gasteiger partial charge in [0, 0.05) is 26.6 Å². The fraction of sp³-hybridized carbons (Fsp3) is 0.846. The molecule has 1 fully saturated rings. The third-order valence-electron chi connectivity index (χ3n) is 3.45. The fourth-order valence-electron chi connectivity index (χ4n) is 2.41. The van der Waals surface area contributed by atoms with E-state index in [0.717, 1.165) is 13.0 Å². The molecule has 4 nitrogen and oxygen atoms in total. The van der Waals surface area contributed by atoms with Crippen LogP contribution in [0.3, 0.4) is 0 Å². The van der Waals surface area contributed by atoms with Gasteiger partial charge in [-0.05, 0) is 25.8 Å². The summed E-state index contributed by atoms with van der Waals surface area (Å²) >= 11 is 0. The summed E-state index contributed by atoms with van der Waals surface area (Å²) in [6.45, 7) is 1.37. The zero-order chi connectivity index (χ0) is 12.7. The minimum Gasteiger partial charge on any atom is -0.349 e. The molecular formula is C13H23N3O. The van der Waals surface area contributed by atoms with Gasteiger partial charge in [0.1, 0.15) is 0 Å². The van der Waals surface area contributed by atoms with E-state index in [1.807, 2.05) is 0 Å². The number of hydrogen-bond donors (Lipinski definition) is 0. The van der Waals surface area contributed by atoms with Gasteiger partial charge in [-0.25, -0.2) is 0 Å². The van der Waals surface area contributed by atoms with Crippen LogP contribution in [-0.4, -0.2) is 48.9 Å². The first kappa shape index (κ1) is 14.0. The van der Waals surface area contributed by atoms with Crippen molar-refractivity contribution in [3.63, 3.8) is 0 Å². The molecular weight excluding hydrogens is 214 g/mol. The monoisotopic (exact) mass is 237 g/mol. The molecule has 1 saturated carbocycles. The number of nitrogens with zero attached hydrogens (tertiary/aromatic N) is 3. The molecule has 0 aromatic carbocycles. The van der Waals surface area contributed by atoms with E-state index in [2.05, 4.69) is 11.0 Å². The maximum absolute atomic E-state index is 11.4. The van der Waals surface area contributed by atoms with Crippen molar-refractivity contribution in [2.75, 3.05) is 27.2 Å². The lowest BCUT2D eigenvalue weighted by molar-refractivity contribution is -0.128. The summed E-state index contributed by atoms with van der Waals surface area (Å²) < 4.78 is 0. The molecule has 0 atom stereocenters. The zero-order valence-electron chi connectivity index (χ0n) is 11.0. The highest BCUT2D eigenvalue weighted by Gasteiger charge is 2.22. The molecule has 0 heterocycles. The first-order chi connectivity index (χ1) is 8.15. The predicted octanol–water partition coefficient (Wildman–Crippen LogP) is 1.62. The summed E-state index contributed by atoms with van der Waals surface area (Å²) in [5.74, 6) is 0.174. The van der Waals surface area contributed by atoms with Gasteiger partial charge in [0.15, 0.2) is 0 Å². The van der Waals surface area contributed by atoms with Crippen LogP contribution in [0.5, 0.6) is 0 Å². The van der Waals surface area contributed by atoms with Crippen molar-refractivity contribution in [3.05, 3.63) is 0 Å². The molecule has 0 unspecified atom stereocenters. The third kappa shape index (κ3) is 4.74. The molecule has 1 amide bonds. The number of amides is 1. The average molecular weight is 237 g/mol. The number of carbonyl (C=O) groups is 1. The normalized spacial score (nSPS) is 16.1. The van der Waals surface area contributed by atoms with Crippen LogP contribution >= 0.6 is 0 Å². The van der Waals surface area contributed by atoms with Crippen LogP contribution in [0.1, 0.15) is 38.5 Å². The van der Waals surface area contributed by atoms with Crippen molar-refractivity contribution in [1.82, 2.24) is 9.80 Å². The number of rotatable bonds is 6. The summed E-state index contributed by atoms with van der Waals surface area (Å²) in [5.41, 5.74) is 0. The van der Waals surface area contributed by atoms with Crippen LogP contribution in [0.25, 0.3) is 0 Å². The van der Waals surface area contributed by atoms with E-state index in [0.29, 0.717) is 19.0 Å². The summed E-state index contributed by atoms with van der Waals surface area (Å²) in [4.78, 5) is 15.3. The Morgan fingerprint density at radius 3 is 2.53 bits per heavy atom. The lowest BCUT2D eigenvalue weighted by Crippen LogP contribution is -2.35. The highest BCUT2D eigenvalue weighted by Crippen LogP contribution is 2.23. The van der Waals surface area contributed by atoms with Gasteiger partial charge in [-0.2, -0.15) is 5.26 Å². The van der Waals surface area contributed by atoms with E-state index in [4.69, 9.17) is 5.26 Å². The highest BCUT2D eigenvalue weighted by molar-refractivity contribution is 5.75. The molecule has 0 bridgehead atoms. The van der Waals surface area contributed by atoms with Crippen LogP contribution < -0.4 is 0 Å². The van der Waals surface area contributed by atoms with E-state index in [1.54, 1.807) is 19.0 Å². The van der Waals surface area contributed by atoms with Crippen molar-refractivity contribution in [1.29, 1.82) is 5.26 Å². The van der Waals surface area contributed by atoms with Gasteiger partial charge in [0.05, 0.1) is 12.6 Å². The number of nitriles is 1. The molecule has 0 N–H and O–H groups in total. The molecule has 0 saturated heterocycles. The molecule has 0 aromatic rings. The largest absolute Gasteiger partial charge is 0.349 e. The van der Waals surface area contributed by atoms with Crippen molar-refractivity contribution < 1.29 is 4.79 Å². The van der Waals surface area contributed by atoms with Crippen LogP contribution in [0.4, 0.5) is 0 Å². The van der Waals surface area contributed by atoms with Crippen molar-refractivity contribution in [3.8, 4) is 6.07 Å². The smallest absolute Gasteiger partial charge is 0.222 e. The van der Waals surface area contributed by atoms with Crippen LogP contribution in [0.2, 0.25) is 0 Å². The summed E-state index contributed by atoms with van der Waals surface area (Å²) in [5, 5.41) is 8.83. The molecule has 1 aliphatic carbocycles. The van der Waals surface area contributed by atoms with Crippen molar-refractivity contribution >= 4 is 5.91 Å². The predicted molar refractivity (Wildman–Crippen MR) is 67.4 cm³/mol. The van der Waals surface area contributed by atoms with Crippen LogP contribution in [0.15, 0.2) is 0 Å². The third-order valence-corrected chi connectivity index (χ3v) is 3.45. The van der Waals surface area contributed by atoms with E-state index in [-0.39, 0.29) is 5.91 Å². The maximum atomic E-state index is 11.4. The average Bonchev–Trinajstić information content (AvgIpc) is 2.80. The Balaban J connectivity index is 2.29. The second-order valence-electron chi connectivity index (χ2n) is 4.96. The quantitative estimate of drug-likeness (QED) is 0.660. The lowest BCUT2D eigenvalue weighted by Gasteiger charge is -2.26. The summed E-state index contributed by atoms with van der Waals surface area (Å²) in [6, 6.07) is 2.81. The fourth-order valence-corrected chi connectivity index (χ4v) is 2.41. The maximum Gasteiger partial charge on any atom is 0.222 e.